The molecule has 0 bridgehead atoms. The van der Waals surface area contributed by atoms with Gasteiger partial charge in [-0.25, -0.2) is 9.98 Å². The lowest BCUT2D eigenvalue weighted by molar-refractivity contribution is -0.157. The number of oxazole rings is 1. The van der Waals surface area contributed by atoms with Gasteiger partial charge in [-0.05, 0) is 20.8 Å². The van der Waals surface area contributed by atoms with Crippen LogP contribution in [0.3, 0.4) is 0 Å². The van der Waals surface area contributed by atoms with E-state index in [4.69, 9.17) is 4.42 Å². The standard InChI is InChI=1S/C14H22F3N5O2.HI/c1-5-18-13(19-6-11-21-9(2)10(3)24-11)20-7-12(23)22(4)8-14(15,16)17;/h5-8H2,1-4H3,(H2,18,19,20);1H. The molecule has 1 amide bonds. The van der Waals surface area contributed by atoms with E-state index < -0.39 is 25.2 Å². The molecule has 0 aliphatic heterocycles. The fraction of sp³-hybridized carbons (Fsp3) is 0.643. The van der Waals surface area contributed by atoms with Crippen LogP contribution in [0.1, 0.15) is 24.3 Å². The maximum atomic E-state index is 12.3. The van der Waals surface area contributed by atoms with Crippen molar-refractivity contribution in [3.63, 3.8) is 0 Å². The van der Waals surface area contributed by atoms with Gasteiger partial charge in [0.15, 0.2) is 5.96 Å². The summed E-state index contributed by atoms with van der Waals surface area (Å²) in [5.74, 6) is 0.723. The molecule has 0 spiro atoms. The Kier molecular flexibility index (Phi) is 9.82. The van der Waals surface area contributed by atoms with E-state index in [2.05, 4.69) is 20.6 Å². The Bertz CT molecular complexity index is 570. The van der Waals surface area contributed by atoms with E-state index in [1.165, 1.54) is 0 Å². The molecule has 0 aliphatic rings. The van der Waals surface area contributed by atoms with Crippen LogP contribution in [0.2, 0.25) is 0 Å². The van der Waals surface area contributed by atoms with Crippen molar-refractivity contribution in [3.8, 4) is 0 Å². The van der Waals surface area contributed by atoms with E-state index in [9.17, 15) is 18.0 Å². The third-order valence-corrected chi connectivity index (χ3v) is 3.04. The molecule has 0 saturated carbocycles. The summed E-state index contributed by atoms with van der Waals surface area (Å²) in [6.45, 7) is 4.51. The minimum Gasteiger partial charge on any atom is -0.444 e. The molecule has 2 N–H and O–H groups in total. The molecular weight excluding hydrogens is 454 g/mol. The quantitative estimate of drug-likeness (QED) is 0.372. The number of nitrogens with zero attached hydrogens (tertiary/aromatic N) is 3. The molecule has 0 radical (unpaired) electrons. The fourth-order valence-electron chi connectivity index (χ4n) is 1.74. The van der Waals surface area contributed by atoms with Gasteiger partial charge in [0, 0.05) is 13.6 Å². The number of carbonyl (C=O) groups is 1. The Morgan fingerprint density at radius 2 is 1.96 bits per heavy atom. The number of aromatic nitrogens is 1. The summed E-state index contributed by atoms with van der Waals surface area (Å²) in [6.07, 6.45) is -4.43. The zero-order valence-electron chi connectivity index (χ0n) is 14.5. The van der Waals surface area contributed by atoms with Crippen LogP contribution >= 0.6 is 24.0 Å². The molecule has 0 saturated heterocycles. The third kappa shape index (κ3) is 8.93. The first-order valence-electron chi connectivity index (χ1n) is 7.38. The highest BCUT2D eigenvalue weighted by atomic mass is 127. The molecule has 144 valence electrons. The van der Waals surface area contributed by atoms with E-state index in [1.54, 1.807) is 6.92 Å². The molecular formula is C14H23F3IN5O2. The van der Waals surface area contributed by atoms with E-state index in [0.29, 0.717) is 29.1 Å². The lowest BCUT2D eigenvalue weighted by Gasteiger charge is -2.18. The van der Waals surface area contributed by atoms with Gasteiger partial charge < -0.3 is 20.0 Å². The molecule has 7 nitrogen and oxygen atoms in total. The molecule has 0 aliphatic carbocycles. The summed E-state index contributed by atoms with van der Waals surface area (Å²) in [6, 6.07) is 0. The maximum absolute atomic E-state index is 12.3. The van der Waals surface area contributed by atoms with Gasteiger partial charge in [-0.15, -0.1) is 24.0 Å². The van der Waals surface area contributed by atoms with Crippen molar-refractivity contribution in [1.82, 2.24) is 20.5 Å². The highest BCUT2D eigenvalue weighted by Gasteiger charge is 2.31. The average molecular weight is 477 g/mol. The highest BCUT2D eigenvalue weighted by Crippen LogP contribution is 2.15. The zero-order chi connectivity index (χ0) is 18.3. The number of hydrogen-bond acceptors (Lipinski definition) is 4. The first kappa shape index (κ1) is 23.5. The van der Waals surface area contributed by atoms with E-state index in [0.717, 1.165) is 12.7 Å². The summed E-state index contributed by atoms with van der Waals surface area (Å²) >= 11 is 0. The van der Waals surface area contributed by atoms with Gasteiger partial charge in [-0.3, -0.25) is 4.79 Å². The first-order chi connectivity index (χ1) is 11.1. The van der Waals surface area contributed by atoms with Crippen LogP contribution in [0, 0.1) is 13.8 Å². The molecule has 11 heteroatoms. The van der Waals surface area contributed by atoms with Gasteiger partial charge in [0.05, 0.1) is 12.2 Å². The van der Waals surface area contributed by atoms with E-state index in [1.807, 2.05) is 13.8 Å². The smallest absolute Gasteiger partial charge is 0.406 e. The van der Waals surface area contributed by atoms with Crippen LogP contribution in [0.4, 0.5) is 13.2 Å². The molecule has 1 heterocycles. The van der Waals surface area contributed by atoms with Gasteiger partial charge in [-0.1, -0.05) is 0 Å². The van der Waals surface area contributed by atoms with Crippen LogP contribution in [0.5, 0.6) is 0 Å². The van der Waals surface area contributed by atoms with Crippen molar-refractivity contribution in [2.24, 2.45) is 4.99 Å². The van der Waals surface area contributed by atoms with Gasteiger partial charge >= 0.3 is 6.18 Å². The van der Waals surface area contributed by atoms with Gasteiger partial charge in [0.1, 0.15) is 18.8 Å². The second-order valence-corrected chi connectivity index (χ2v) is 5.16. The lowest BCUT2D eigenvalue weighted by atomic mass is 10.4. The zero-order valence-corrected chi connectivity index (χ0v) is 16.9. The average Bonchev–Trinajstić information content (AvgIpc) is 2.78. The number of hydrogen-bond donors (Lipinski definition) is 2. The predicted molar refractivity (Wildman–Crippen MR) is 97.9 cm³/mol. The molecule has 25 heavy (non-hydrogen) atoms. The van der Waals surface area contributed by atoms with Crippen molar-refractivity contribution in [2.45, 2.75) is 33.5 Å². The summed E-state index contributed by atoms with van der Waals surface area (Å²) in [4.78, 5) is 20.4. The first-order valence-corrected chi connectivity index (χ1v) is 7.38. The summed E-state index contributed by atoms with van der Waals surface area (Å²) < 4.78 is 42.2. The molecule has 0 fully saturated rings. The Morgan fingerprint density at radius 1 is 1.32 bits per heavy atom. The second kappa shape index (κ2) is 10.5. The van der Waals surface area contributed by atoms with Crippen LogP contribution in [-0.2, 0) is 11.3 Å². The molecule has 1 aromatic heterocycles. The Labute approximate surface area is 161 Å². The Balaban J connectivity index is 0.00000576. The topological polar surface area (TPSA) is 82.8 Å². The van der Waals surface area contributed by atoms with Crippen molar-refractivity contribution in [2.75, 3.05) is 26.7 Å². The number of rotatable bonds is 6. The van der Waals surface area contributed by atoms with Crippen LogP contribution in [0.15, 0.2) is 9.41 Å². The number of halogens is 4. The number of carbonyl (C=O) groups excluding carboxylic acids is 1. The Hall–Kier alpha value is -1.53. The van der Waals surface area contributed by atoms with Crippen molar-refractivity contribution >= 4 is 35.8 Å². The minimum absolute atomic E-state index is 0. The van der Waals surface area contributed by atoms with Crippen molar-refractivity contribution in [1.29, 1.82) is 0 Å². The number of aryl methyl sites for hydroxylation is 2. The second-order valence-electron chi connectivity index (χ2n) is 5.16. The van der Waals surface area contributed by atoms with Gasteiger partial charge in [0.2, 0.25) is 11.8 Å². The Morgan fingerprint density at radius 3 is 2.44 bits per heavy atom. The number of amides is 1. The highest BCUT2D eigenvalue weighted by molar-refractivity contribution is 14.0. The largest absolute Gasteiger partial charge is 0.444 e. The summed E-state index contributed by atoms with van der Waals surface area (Å²) in [5, 5.41) is 5.80. The predicted octanol–water partition coefficient (Wildman–Crippen LogP) is 1.99. The fourth-order valence-corrected chi connectivity index (χ4v) is 1.74. The molecule has 0 aromatic carbocycles. The normalized spacial score (nSPS) is 11.7. The lowest BCUT2D eigenvalue weighted by Crippen LogP contribution is -2.40. The maximum Gasteiger partial charge on any atom is 0.406 e. The number of nitrogens with one attached hydrogen (secondary N) is 2. The monoisotopic (exact) mass is 477 g/mol. The number of likely N-dealkylation sites (N-methyl/N-ethyl adjacent to an activating group) is 1. The summed E-state index contributed by atoms with van der Waals surface area (Å²) in [7, 11) is 1.09. The SMILES string of the molecule is CCNC(=NCC(=O)N(C)CC(F)(F)F)NCc1nc(C)c(C)o1.I. The number of guanidine groups is 1. The van der Waals surface area contributed by atoms with E-state index in [-0.39, 0.29) is 30.5 Å². The van der Waals surface area contributed by atoms with Crippen molar-refractivity contribution < 1.29 is 22.4 Å². The van der Waals surface area contributed by atoms with Crippen LogP contribution < -0.4 is 10.6 Å². The molecule has 1 rings (SSSR count). The van der Waals surface area contributed by atoms with Crippen LogP contribution in [-0.4, -0.2) is 54.6 Å². The van der Waals surface area contributed by atoms with Gasteiger partial charge in [-0.2, -0.15) is 13.2 Å². The number of alkyl halides is 3. The molecule has 0 unspecified atom stereocenters. The minimum atomic E-state index is -4.43. The number of aliphatic imine (C=N–C) groups is 1. The van der Waals surface area contributed by atoms with E-state index >= 15 is 0 Å². The van der Waals surface area contributed by atoms with Crippen molar-refractivity contribution in [3.05, 3.63) is 17.3 Å². The molecule has 0 atom stereocenters. The van der Waals surface area contributed by atoms with Gasteiger partial charge in [0.25, 0.3) is 0 Å². The third-order valence-electron chi connectivity index (χ3n) is 3.04. The summed E-state index contributed by atoms with van der Waals surface area (Å²) in [5.41, 5.74) is 0.776. The van der Waals surface area contributed by atoms with Crippen LogP contribution in [0.25, 0.3) is 0 Å². The molecule has 1 aromatic rings.